The molecule has 0 aromatic heterocycles. The number of hydrogen-bond acceptors (Lipinski definition) is 3. The van der Waals surface area contributed by atoms with Gasteiger partial charge in [-0.15, -0.1) is 0 Å². The molecule has 1 atom stereocenters. The molecule has 0 aromatic rings. The lowest BCUT2D eigenvalue weighted by Crippen LogP contribution is -2.45. The Morgan fingerprint density at radius 1 is 1.33 bits per heavy atom. The molecule has 5 nitrogen and oxygen atoms in total. The Kier molecular flexibility index (Phi) is 5.93. The minimum absolute atomic E-state index is 0.0175. The Bertz CT molecular complexity index is 229. The van der Waals surface area contributed by atoms with Gasteiger partial charge in [0.15, 0.2) is 0 Å². The van der Waals surface area contributed by atoms with Crippen molar-refractivity contribution in [3.63, 3.8) is 0 Å². The monoisotopic (exact) mass is 215 g/mol. The second kappa shape index (κ2) is 6.40. The average Bonchev–Trinajstić information content (AvgIpc) is 2.22. The van der Waals surface area contributed by atoms with E-state index in [1.54, 1.807) is 11.9 Å². The number of carbonyl (C=O) groups excluding carboxylic acids is 2. The first-order valence-corrected chi connectivity index (χ1v) is 5.12. The van der Waals surface area contributed by atoms with Crippen molar-refractivity contribution in [2.75, 3.05) is 20.1 Å². The Labute approximate surface area is 91.0 Å². The standard InChI is InChI=1S/C10H21N3O2/c1-7(2)8(3)13(4)10(15)6-12-9(14)5-11/h7-8H,5-6,11H2,1-4H3,(H,12,14). The van der Waals surface area contributed by atoms with Crippen LogP contribution in [0, 0.1) is 5.92 Å². The van der Waals surface area contributed by atoms with Crippen molar-refractivity contribution in [2.45, 2.75) is 26.8 Å². The van der Waals surface area contributed by atoms with Gasteiger partial charge in [0.2, 0.25) is 11.8 Å². The Morgan fingerprint density at radius 3 is 2.27 bits per heavy atom. The zero-order chi connectivity index (χ0) is 12.0. The van der Waals surface area contributed by atoms with Gasteiger partial charge < -0.3 is 16.0 Å². The van der Waals surface area contributed by atoms with Crippen molar-refractivity contribution in [1.82, 2.24) is 10.2 Å². The summed E-state index contributed by atoms with van der Waals surface area (Å²) in [4.78, 5) is 24.1. The summed E-state index contributed by atoms with van der Waals surface area (Å²) in [5.74, 6) is -0.0175. The van der Waals surface area contributed by atoms with E-state index in [-0.39, 0.29) is 30.9 Å². The van der Waals surface area contributed by atoms with Crippen molar-refractivity contribution in [1.29, 1.82) is 0 Å². The minimum Gasteiger partial charge on any atom is -0.346 e. The van der Waals surface area contributed by atoms with Crippen molar-refractivity contribution < 1.29 is 9.59 Å². The summed E-state index contributed by atoms with van der Waals surface area (Å²) in [6.07, 6.45) is 0. The third kappa shape index (κ3) is 4.78. The Balaban J connectivity index is 4.05. The summed E-state index contributed by atoms with van der Waals surface area (Å²) >= 11 is 0. The second-order valence-electron chi connectivity index (χ2n) is 3.97. The van der Waals surface area contributed by atoms with Crippen LogP contribution in [0.25, 0.3) is 0 Å². The normalized spacial score (nSPS) is 12.4. The first-order chi connectivity index (χ1) is 6.90. The predicted octanol–water partition coefficient (Wildman–Crippen LogP) is -0.436. The van der Waals surface area contributed by atoms with Gasteiger partial charge in [0.05, 0.1) is 13.1 Å². The molecule has 0 radical (unpaired) electrons. The second-order valence-corrected chi connectivity index (χ2v) is 3.97. The van der Waals surface area contributed by atoms with Crippen LogP contribution >= 0.6 is 0 Å². The highest BCUT2D eigenvalue weighted by Gasteiger charge is 2.18. The van der Waals surface area contributed by atoms with E-state index >= 15 is 0 Å². The predicted molar refractivity (Wildman–Crippen MR) is 59.1 cm³/mol. The zero-order valence-electron chi connectivity index (χ0n) is 9.91. The van der Waals surface area contributed by atoms with Gasteiger partial charge in [0.1, 0.15) is 0 Å². The largest absolute Gasteiger partial charge is 0.346 e. The molecule has 0 saturated carbocycles. The molecule has 0 bridgehead atoms. The van der Waals surface area contributed by atoms with E-state index in [1.165, 1.54) is 0 Å². The maximum absolute atomic E-state index is 11.6. The fourth-order valence-corrected chi connectivity index (χ4v) is 1.05. The van der Waals surface area contributed by atoms with Crippen molar-refractivity contribution in [3.05, 3.63) is 0 Å². The van der Waals surface area contributed by atoms with Crippen LogP contribution in [0.3, 0.4) is 0 Å². The number of likely N-dealkylation sites (N-methyl/N-ethyl adjacent to an activating group) is 1. The molecule has 5 heteroatoms. The lowest BCUT2D eigenvalue weighted by Gasteiger charge is -2.28. The molecule has 0 aliphatic carbocycles. The number of hydrogen-bond donors (Lipinski definition) is 2. The molecule has 88 valence electrons. The van der Waals surface area contributed by atoms with Gasteiger partial charge in [-0.2, -0.15) is 0 Å². The Hall–Kier alpha value is -1.10. The van der Waals surface area contributed by atoms with Crippen LogP contribution in [-0.2, 0) is 9.59 Å². The third-order valence-corrected chi connectivity index (χ3v) is 2.59. The van der Waals surface area contributed by atoms with Crippen molar-refractivity contribution in [2.24, 2.45) is 11.7 Å². The van der Waals surface area contributed by atoms with Gasteiger partial charge in [-0.1, -0.05) is 13.8 Å². The summed E-state index contributed by atoms with van der Waals surface area (Å²) in [5.41, 5.74) is 5.11. The van der Waals surface area contributed by atoms with Crippen LogP contribution in [0.4, 0.5) is 0 Å². The first-order valence-electron chi connectivity index (χ1n) is 5.12. The van der Waals surface area contributed by atoms with Gasteiger partial charge in [0, 0.05) is 13.1 Å². The molecule has 0 heterocycles. The highest BCUT2D eigenvalue weighted by atomic mass is 16.2. The topological polar surface area (TPSA) is 75.4 Å². The van der Waals surface area contributed by atoms with Crippen LogP contribution in [0.2, 0.25) is 0 Å². The van der Waals surface area contributed by atoms with Crippen LogP contribution in [0.15, 0.2) is 0 Å². The first kappa shape index (κ1) is 13.9. The summed E-state index contributed by atoms with van der Waals surface area (Å²) in [7, 11) is 1.74. The summed E-state index contributed by atoms with van der Waals surface area (Å²) in [5, 5.41) is 2.45. The highest BCUT2D eigenvalue weighted by molar-refractivity contribution is 5.85. The molecule has 1 unspecified atom stereocenters. The number of carbonyl (C=O) groups is 2. The molecular weight excluding hydrogens is 194 g/mol. The van der Waals surface area contributed by atoms with Crippen LogP contribution < -0.4 is 11.1 Å². The highest BCUT2D eigenvalue weighted by Crippen LogP contribution is 2.07. The molecule has 0 aliphatic rings. The SMILES string of the molecule is CC(C)C(C)N(C)C(=O)CNC(=O)CN. The minimum atomic E-state index is -0.311. The zero-order valence-corrected chi connectivity index (χ0v) is 9.91. The summed E-state index contributed by atoms with van der Waals surface area (Å²) in [6.45, 7) is 6.01. The van der Waals surface area contributed by atoms with Crippen molar-refractivity contribution >= 4 is 11.8 Å². The number of nitrogens with zero attached hydrogens (tertiary/aromatic N) is 1. The smallest absolute Gasteiger partial charge is 0.241 e. The maximum atomic E-state index is 11.6. The van der Waals surface area contributed by atoms with E-state index in [4.69, 9.17) is 5.73 Å². The van der Waals surface area contributed by atoms with Gasteiger partial charge in [-0.05, 0) is 12.8 Å². The fourth-order valence-electron chi connectivity index (χ4n) is 1.05. The summed E-state index contributed by atoms with van der Waals surface area (Å²) < 4.78 is 0. The summed E-state index contributed by atoms with van der Waals surface area (Å²) in [6, 6.07) is 0.160. The van der Waals surface area contributed by atoms with E-state index in [0.29, 0.717) is 5.92 Å². The number of nitrogens with two attached hydrogens (primary N) is 1. The lowest BCUT2D eigenvalue weighted by atomic mass is 10.1. The Morgan fingerprint density at radius 2 is 1.87 bits per heavy atom. The van der Waals surface area contributed by atoms with Crippen LogP contribution in [0.1, 0.15) is 20.8 Å². The molecule has 0 fully saturated rings. The van der Waals surface area contributed by atoms with E-state index in [9.17, 15) is 9.59 Å². The van der Waals surface area contributed by atoms with E-state index in [0.717, 1.165) is 0 Å². The quantitative estimate of drug-likeness (QED) is 0.653. The van der Waals surface area contributed by atoms with Crippen LogP contribution in [0.5, 0.6) is 0 Å². The molecule has 0 spiro atoms. The molecule has 2 amide bonds. The molecule has 15 heavy (non-hydrogen) atoms. The van der Waals surface area contributed by atoms with Crippen LogP contribution in [-0.4, -0.2) is 42.9 Å². The van der Waals surface area contributed by atoms with E-state index in [2.05, 4.69) is 5.32 Å². The fraction of sp³-hybridized carbons (Fsp3) is 0.800. The van der Waals surface area contributed by atoms with E-state index < -0.39 is 0 Å². The molecule has 0 rings (SSSR count). The molecule has 3 N–H and O–H groups in total. The molecule has 0 aliphatic heterocycles. The molecular formula is C10H21N3O2. The maximum Gasteiger partial charge on any atom is 0.241 e. The molecule has 0 aromatic carbocycles. The lowest BCUT2D eigenvalue weighted by molar-refractivity contribution is -0.133. The number of rotatable bonds is 5. The van der Waals surface area contributed by atoms with Crippen molar-refractivity contribution in [3.8, 4) is 0 Å². The van der Waals surface area contributed by atoms with Gasteiger partial charge in [-0.3, -0.25) is 9.59 Å². The van der Waals surface area contributed by atoms with E-state index in [1.807, 2.05) is 20.8 Å². The number of nitrogens with one attached hydrogen (secondary N) is 1. The van der Waals surface area contributed by atoms with Gasteiger partial charge in [-0.25, -0.2) is 0 Å². The number of amides is 2. The van der Waals surface area contributed by atoms with Gasteiger partial charge in [0.25, 0.3) is 0 Å². The van der Waals surface area contributed by atoms with Gasteiger partial charge >= 0.3 is 0 Å². The molecule has 0 saturated heterocycles. The third-order valence-electron chi connectivity index (χ3n) is 2.59. The average molecular weight is 215 g/mol.